The van der Waals surface area contributed by atoms with Crippen molar-refractivity contribution in [3.05, 3.63) is 78.1 Å². The number of allylic oxidation sites excluding steroid dienone is 2. The van der Waals surface area contributed by atoms with Crippen molar-refractivity contribution in [3.63, 3.8) is 0 Å². The summed E-state index contributed by atoms with van der Waals surface area (Å²) in [5.41, 5.74) is 1.85. The second-order valence-electron chi connectivity index (χ2n) is 5.96. The number of pyridine rings is 1. The maximum atomic E-state index is 12.1. The average molecular weight is 291 g/mol. The topological polar surface area (TPSA) is 39.2 Å². The number of hydrogen-bond acceptors (Lipinski definition) is 3. The molecule has 1 aromatic heterocycles. The molecular formula is C19H17NO2. The highest BCUT2D eigenvalue weighted by molar-refractivity contribution is 5.79. The number of ether oxygens (including phenoxy) is 1. The zero-order chi connectivity index (χ0) is 15.2. The molecule has 3 nitrogen and oxygen atoms in total. The average Bonchev–Trinajstić information content (AvgIpc) is 3.19. The fourth-order valence-corrected chi connectivity index (χ4v) is 3.99. The fraction of sp³-hybridized carbons (Fsp3) is 0.263. The highest BCUT2D eigenvalue weighted by Crippen LogP contribution is 2.65. The van der Waals surface area contributed by atoms with Crippen LogP contribution >= 0.6 is 0 Å². The van der Waals surface area contributed by atoms with E-state index in [4.69, 9.17) is 4.74 Å². The number of carbonyl (C=O) groups excluding carboxylic acids is 1. The largest absolute Gasteiger partial charge is 0.469 e. The summed E-state index contributed by atoms with van der Waals surface area (Å²) in [6.07, 6.45) is 6.20. The van der Waals surface area contributed by atoms with Crippen molar-refractivity contribution in [1.82, 2.24) is 4.98 Å². The summed E-state index contributed by atoms with van der Waals surface area (Å²) >= 11 is 0. The molecule has 2 aliphatic rings. The Kier molecular flexibility index (Phi) is 2.89. The summed E-state index contributed by atoms with van der Waals surface area (Å²) in [5, 5.41) is 0. The molecule has 1 fully saturated rings. The third-order valence-corrected chi connectivity index (χ3v) is 5.00. The minimum atomic E-state index is -0.327. The van der Waals surface area contributed by atoms with Gasteiger partial charge in [0.15, 0.2) is 0 Å². The van der Waals surface area contributed by atoms with E-state index in [1.807, 2.05) is 42.6 Å². The minimum absolute atomic E-state index is 0.0581. The molecule has 4 rings (SSSR count). The van der Waals surface area contributed by atoms with Crippen LogP contribution in [0.4, 0.5) is 0 Å². The van der Waals surface area contributed by atoms with Gasteiger partial charge in [-0.3, -0.25) is 9.78 Å². The summed E-state index contributed by atoms with van der Waals surface area (Å²) in [6.45, 7) is 0. The third kappa shape index (κ3) is 1.68. The summed E-state index contributed by atoms with van der Waals surface area (Å²) in [4.78, 5) is 16.7. The fourth-order valence-electron chi connectivity index (χ4n) is 3.99. The Hall–Kier alpha value is -2.42. The first-order valence-corrected chi connectivity index (χ1v) is 7.53. The Balaban J connectivity index is 1.86. The molecule has 0 aliphatic heterocycles. The first-order valence-electron chi connectivity index (χ1n) is 7.53. The van der Waals surface area contributed by atoms with E-state index in [-0.39, 0.29) is 29.1 Å². The summed E-state index contributed by atoms with van der Waals surface area (Å²) in [7, 11) is 1.46. The molecule has 1 heterocycles. The lowest BCUT2D eigenvalue weighted by Gasteiger charge is -2.30. The van der Waals surface area contributed by atoms with Gasteiger partial charge in [0.1, 0.15) is 0 Å². The first-order chi connectivity index (χ1) is 10.8. The number of methoxy groups -OCH3 is 1. The lowest BCUT2D eigenvalue weighted by Crippen LogP contribution is -2.30. The molecule has 4 atom stereocenters. The van der Waals surface area contributed by atoms with Crippen molar-refractivity contribution in [2.75, 3.05) is 7.11 Å². The molecule has 2 aliphatic carbocycles. The van der Waals surface area contributed by atoms with Crippen LogP contribution in [0.25, 0.3) is 0 Å². The van der Waals surface area contributed by atoms with Crippen LogP contribution in [-0.2, 0) is 14.9 Å². The summed E-state index contributed by atoms with van der Waals surface area (Å²) in [6, 6.07) is 16.3. The van der Waals surface area contributed by atoms with Gasteiger partial charge in [-0.05, 0) is 29.5 Å². The van der Waals surface area contributed by atoms with E-state index in [0.29, 0.717) is 0 Å². The number of hydrogen-bond donors (Lipinski definition) is 0. The van der Waals surface area contributed by atoms with Crippen LogP contribution < -0.4 is 0 Å². The number of rotatable bonds is 3. The molecule has 0 bridgehead atoms. The van der Waals surface area contributed by atoms with E-state index in [1.165, 1.54) is 12.7 Å². The van der Waals surface area contributed by atoms with E-state index < -0.39 is 0 Å². The SMILES string of the molecule is COC(=O)[C@H]1[C@@H]2C=C[C@@](c3ccccc3)(c3ccccn3)[C@@H]21. The molecule has 0 saturated heterocycles. The Labute approximate surface area is 129 Å². The second kappa shape index (κ2) is 4.80. The van der Waals surface area contributed by atoms with Crippen LogP contribution in [0.15, 0.2) is 66.9 Å². The molecular weight excluding hydrogens is 274 g/mol. The van der Waals surface area contributed by atoms with E-state index in [2.05, 4.69) is 29.3 Å². The van der Waals surface area contributed by atoms with Crippen molar-refractivity contribution in [2.45, 2.75) is 5.41 Å². The number of nitrogens with zero attached hydrogens (tertiary/aromatic N) is 1. The van der Waals surface area contributed by atoms with Gasteiger partial charge in [0.05, 0.1) is 24.1 Å². The Morgan fingerprint density at radius 3 is 2.59 bits per heavy atom. The lowest BCUT2D eigenvalue weighted by molar-refractivity contribution is -0.142. The van der Waals surface area contributed by atoms with Gasteiger partial charge >= 0.3 is 5.97 Å². The van der Waals surface area contributed by atoms with E-state index in [9.17, 15) is 4.79 Å². The molecule has 110 valence electrons. The van der Waals surface area contributed by atoms with Crippen molar-refractivity contribution >= 4 is 5.97 Å². The van der Waals surface area contributed by atoms with Crippen LogP contribution in [0.2, 0.25) is 0 Å². The van der Waals surface area contributed by atoms with Crippen molar-refractivity contribution in [1.29, 1.82) is 0 Å². The number of esters is 1. The van der Waals surface area contributed by atoms with Crippen LogP contribution in [0.3, 0.4) is 0 Å². The highest BCUT2D eigenvalue weighted by Gasteiger charge is 2.67. The summed E-state index contributed by atoms with van der Waals surface area (Å²) in [5.74, 6) is 0.291. The van der Waals surface area contributed by atoms with Crippen molar-refractivity contribution in [2.24, 2.45) is 17.8 Å². The monoisotopic (exact) mass is 291 g/mol. The Morgan fingerprint density at radius 2 is 1.91 bits per heavy atom. The van der Waals surface area contributed by atoms with Gasteiger partial charge < -0.3 is 4.74 Å². The van der Waals surface area contributed by atoms with Gasteiger partial charge in [0.25, 0.3) is 0 Å². The van der Waals surface area contributed by atoms with Crippen LogP contribution in [0.1, 0.15) is 11.3 Å². The molecule has 0 spiro atoms. The zero-order valence-electron chi connectivity index (χ0n) is 12.3. The van der Waals surface area contributed by atoms with E-state index >= 15 is 0 Å². The number of aromatic nitrogens is 1. The Morgan fingerprint density at radius 1 is 1.14 bits per heavy atom. The predicted octanol–water partition coefficient (Wildman–Crippen LogP) is 2.97. The molecule has 3 heteroatoms. The zero-order valence-corrected chi connectivity index (χ0v) is 12.3. The second-order valence-corrected chi connectivity index (χ2v) is 5.96. The Bertz CT molecular complexity index is 684. The quantitative estimate of drug-likeness (QED) is 0.644. The number of benzene rings is 1. The van der Waals surface area contributed by atoms with Gasteiger partial charge in [-0.15, -0.1) is 0 Å². The lowest BCUT2D eigenvalue weighted by atomic mass is 9.73. The maximum absolute atomic E-state index is 12.1. The maximum Gasteiger partial charge on any atom is 0.309 e. The first kappa shape index (κ1) is 13.3. The number of carbonyl (C=O) groups is 1. The molecule has 0 N–H and O–H groups in total. The van der Waals surface area contributed by atoms with Crippen LogP contribution in [-0.4, -0.2) is 18.1 Å². The smallest absolute Gasteiger partial charge is 0.309 e. The van der Waals surface area contributed by atoms with Gasteiger partial charge in [0, 0.05) is 6.20 Å². The molecule has 1 saturated carbocycles. The standard InChI is InChI=1S/C19H17NO2/c1-22-18(21)16-14-10-11-19(17(14)16,13-7-3-2-4-8-13)15-9-5-6-12-20-15/h2-12,14,16-17H,1H3/t14-,16-,17-,19+/m0/s1. The van der Waals surface area contributed by atoms with E-state index in [1.54, 1.807) is 0 Å². The van der Waals surface area contributed by atoms with E-state index in [0.717, 1.165) is 5.69 Å². The van der Waals surface area contributed by atoms with Gasteiger partial charge in [-0.1, -0.05) is 48.6 Å². The molecule has 0 radical (unpaired) electrons. The van der Waals surface area contributed by atoms with Crippen molar-refractivity contribution in [3.8, 4) is 0 Å². The summed E-state index contributed by atoms with van der Waals surface area (Å²) < 4.78 is 4.98. The normalized spacial score (nSPS) is 31.6. The molecule has 0 amide bonds. The highest BCUT2D eigenvalue weighted by atomic mass is 16.5. The minimum Gasteiger partial charge on any atom is -0.469 e. The number of fused-ring (bicyclic) bond motifs is 1. The third-order valence-electron chi connectivity index (χ3n) is 5.00. The molecule has 22 heavy (non-hydrogen) atoms. The molecule has 2 aromatic rings. The molecule has 0 unspecified atom stereocenters. The molecule has 1 aromatic carbocycles. The van der Waals surface area contributed by atoms with Gasteiger partial charge in [0.2, 0.25) is 0 Å². The van der Waals surface area contributed by atoms with Crippen LogP contribution in [0.5, 0.6) is 0 Å². The van der Waals surface area contributed by atoms with Crippen LogP contribution in [0, 0.1) is 17.8 Å². The predicted molar refractivity (Wildman–Crippen MR) is 83.1 cm³/mol. The van der Waals surface area contributed by atoms with Gasteiger partial charge in [-0.25, -0.2) is 0 Å². The van der Waals surface area contributed by atoms with Crippen molar-refractivity contribution < 1.29 is 9.53 Å². The van der Waals surface area contributed by atoms with Gasteiger partial charge in [-0.2, -0.15) is 0 Å².